The summed E-state index contributed by atoms with van der Waals surface area (Å²) >= 11 is 0. The van der Waals surface area contributed by atoms with Gasteiger partial charge in [0, 0.05) is 6.54 Å². The van der Waals surface area contributed by atoms with Crippen LogP contribution in [-0.4, -0.2) is 25.8 Å². The molecule has 0 aliphatic heterocycles. The second-order valence-electron chi connectivity index (χ2n) is 4.32. The van der Waals surface area contributed by atoms with Crippen molar-refractivity contribution in [2.75, 3.05) is 20.2 Å². The Morgan fingerprint density at radius 1 is 1.12 bits per heavy atom. The van der Waals surface area contributed by atoms with E-state index in [0.717, 1.165) is 24.6 Å². The van der Waals surface area contributed by atoms with Crippen LogP contribution in [0.15, 0.2) is 24.3 Å². The van der Waals surface area contributed by atoms with Crippen molar-refractivity contribution in [1.82, 2.24) is 5.32 Å². The predicted molar refractivity (Wildman–Crippen MR) is 66.2 cm³/mol. The van der Waals surface area contributed by atoms with Crippen LogP contribution in [0.2, 0.25) is 0 Å². The number of nitrogens with one attached hydrogen (secondary N) is 1. The van der Waals surface area contributed by atoms with E-state index in [0.29, 0.717) is 0 Å². The molecule has 0 heterocycles. The van der Waals surface area contributed by atoms with Crippen molar-refractivity contribution in [3.63, 3.8) is 0 Å². The normalized spacial score (nSPS) is 11.2. The Morgan fingerprint density at radius 3 is 2.19 bits per heavy atom. The van der Waals surface area contributed by atoms with Crippen molar-refractivity contribution in [2.45, 2.75) is 26.4 Å². The van der Waals surface area contributed by atoms with Crippen LogP contribution >= 0.6 is 0 Å². The molecule has 3 nitrogen and oxygen atoms in total. The molecule has 0 amide bonds. The summed E-state index contributed by atoms with van der Waals surface area (Å²) < 4.78 is 11.0. The average Bonchev–Trinajstić information content (AvgIpc) is 2.27. The van der Waals surface area contributed by atoms with Crippen molar-refractivity contribution in [1.29, 1.82) is 0 Å². The lowest BCUT2D eigenvalue weighted by atomic mass is 10.1. The molecule has 90 valence electrons. The first-order valence-corrected chi connectivity index (χ1v) is 5.61. The molecule has 0 fully saturated rings. The molecule has 0 unspecified atom stereocenters. The van der Waals surface area contributed by atoms with E-state index in [4.69, 9.17) is 9.47 Å². The second kappa shape index (κ2) is 5.75. The molecule has 1 rings (SSSR count). The molecule has 1 aromatic rings. The molecule has 0 aromatic heterocycles. The van der Waals surface area contributed by atoms with Crippen LogP contribution in [0, 0.1) is 0 Å². The van der Waals surface area contributed by atoms with Gasteiger partial charge in [0.15, 0.2) is 0 Å². The minimum Gasteiger partial charge on any atom is -0.497 e. The fourth-order valence-electron chi connectivity index (χ4n) is 1.42. The van der Waals surface area contributed by atoms with Gasteiger partial charge in [0.25, 0.3) is 0 Å². The number of ether oxygens (including phenoxy) is 2. The Bertz CT molecular complexity index is 306. The largest absolute Gasteiger partial charge is 0.497 e. The molecule has 0 saturated carbocycles. The Morgan fingerprint density at radius 2 is 1.69 bits per heavy atom. The van der Waals surface area contributed by atoms with E-state index in [1.54, 1.807) is 7.11 Å². The Labute approximate surface area is 97.8 Å². The average molecular weight is 223 g/mol. The number of benzene rings is 1. The summed E-state index contributed by atoms with van der Waals surface area (Å²) in [6, 6.07) is 7.65. The summed E-state index contributed by atoms with van der Waals surface area (Å²) in [6.07, 6.45) is 0. The Hall–Kier alpha value is -1.22. The van der Waals surface area contributed by atoms with Crippen molar-refractivity contribution in [3.05, 3.63) is 24.3 Å². The molecule has 1 aromatic carbocycles. The van der Waals surface area contributed by atoms with E-state index in [1.165, 1.54) is 0 Å². The topological polar surface area (TPSA) is 30.5 Å². The summed E-state index contributed by atoms with van der Waals surface area (Å²) in [6.45, 7) is 8.01. The van der Waals surface area contributed by atoms with Gasteiger partial charge >= 0.3 is 0 Å². The van der Waals surface area contributed by atoms with Crippen LogP contribution in [0.1, 0.15) is 20.8 Å². The maximum Gasteiger partial charge on any atom is 0.120 e. The predicted octanol–water partition coefficient (Wildman–Crippen LogP) is 2.46. The van der Waals surface area contributed by atoms with Gasteiger partial charge in [-0.25, -0.2) is 0 Å². The zero-order valence-corrected chi connectivity index (χ0v) is 10.5. The lowest BCUT2D eigenvalue weighted by molar-refractivity contribution is 0.109. The molecule has 0 radical (unpaired) electrons. The molecule has 0 saturated heterocycles. The van der Waals surface area contributed by atoms with Gasteiger partial charge in [-0.15, -0.1) is 0 Å². The number of methoxy groups -OCH3 is 1. The molecular formula is C13H21NO2. The maximum atomic E-state index is 5.89. The van der Waals surface area contributed by atoms with Gasteiger partial charge in [-0.2, -0.15) is 0 Å². The van der Waals surface area contributed by atoms with E-state index < -0.39 is 0 Å². The number of rotatable bonds is 6. The lowest BCUT2D eigenvalue weighted by Crippen LogP contribution is -2.40. The minimum atomic E-state index is -0.204. The van der Waals surface area contributed by atoms with Crippen LogP contribution in [0.4, 0.5) is 0 Å². The molecule has 0 aliphatic rings. The highest BCUT2D eigenvalue weighted by atomic mass is 16.5. The zero-order chi connectivity index (χ0) is 12.0. The molecule has 3 heteroatoms. The first-order valence-electron chi connectivity index (χ1n) is 5.61. The fourth-order valence-corrected chi connectivity index (χ4v) is 1.42. The highest BCUT2D eigenvalue weighted by Crippen LogP contribution is 2.21. The van der Waals surface area contributed by atoms with Crippen LogP contribution in [0.25, 0.3) is 0 Å². The zero-order valence-electron chi connectivity index (χ0n) is 10.5. The summed E-state index contributed by atoms with van der Waals surface area (Å²) in [4.78, 5) is 0. The SMILES string of the molecule is CCNCC(C)(C)Oc1ccc(OC)cc1. The first-order chi connectivity index (χ1) is 7.57. The minimum absolute atomic E-state index is 0.204. The first kappa shape index (κ1) is 12.8. The quantitative estimate of drug-likeness (QED) is 0.803. The van der Waals surface area contributed by atoms with Crippen LogP contribution in [-0.2, 0) is 0 Å². The third-order valence-corrected chi connectivity index (χ3v) is 2.25. The fraction of sp³-hybridized carbons (Fsp3) is 0.538. The van der Waals surface area contributed by atoms with E-state index in [-0.39, 0.29) is 5.60 Å². The van der Waals surface area contributed by atoms with Gasteiger partial charge in [0.1, 0.15) is 17.1 Å². The molecular weight excluding hydrogens is 202 g/mol. The standard InChI is InChI=1S/C13H21NO2/c1-5-14-10-13(2,3)16-12-8-6-11(15-4)7-9-12/h6-9,14H,5,10H2,1-4H3. The van der Waals surface area contributed by atoms with E-state index in [9.17, 15) is 0 Å². The third kappa shape index (κ3) is 4.11. The highest BCUT2D eigenvalue weighted by molar-refractivity contribution is 5.31. The lowest BCUT2D eigenvalue weighted by Gasteiger charge is -2.26. The summed E-state index contributed by atoms with van der Waals surface area (Å²) in [5.74, 6) is 1.71. The van der Waals surface area contributed by atoms with Crippen molar-refractivity contribution < 1.29 is 9.47 Å². The van der Waals surface area contributed by atoms with Crippen LogP contribution in [0.5, 0.6) is 11.5 Å². The molecule has 16 heavy (non-hydrogen) atoms. The molecule has 1 N–H and O–H groups in total. The van der Waals surface area contributed by atoms with Crippen molar-refractivity contribution >= 4 is 0 Å². The van der Waals surface area contributed by atoms with Crippen LogP contribution in [0.3, 0.4) is 0 Å². The van der Waals surface area contributed by atoms with Crippen molar-refractivity contribution in [3.8, 4) is 11.5 Å². The smallest absolute Gasteiger partial charge is 0.120 e. The molecule has 0 aliphatic carbocycles. The maximum absolute atomic E-state index is 5.89. The number of likely N-dealkylation sites (N-methyl/N-ethyl adjacent to an activating group) is 1. The summed E-state index contributed by atoms with van der Waals surface area (Å²) in [5.41, 5.74) is -0.204. The summed E-state index contributed by atoms with van der Waals surface area (Å²) in [5, 5.41) is 3.28. The molecule has 0 spiro atoms. The van der Waals surface area contributed by atoms with E-state index in [1.807, 2.05) is 24.3 Å². The summed E-state index contributed by atoms with van der Waals surface area (Å²) in [7, 11) is 1.66. The van der Waals surface area contributed by atoms with Gasteiger partial charge in [0.2, 0.25) is 0 Å². The third-order valence-electron chi connectivity index (χ3n) is 2.25. The molecule has 0 bridgehead atoms. The Kier molecular flexibility index (Phi) is 4.62. The Balaban J connectivity index is 2.57. The van der Waals surface area contributed by atoms with Gasteiger partial charge < -0.3 is 14.8 Å². The van der Waals surface area contributed by atoms with Gasteiger partial charge in [-0.05, 0) is 44.7 Å². The monoisotopic (exact) mass is 223 g/mol. The van der Waals surface area contributed by atoms with Crippen molar-refractivity contribution in [2.24, 2.45) is 0 Å². The van der Waals surface area contributed by atoms with E-state index in [2.05, 4.69) is 26.1 Å². The highest BCUT2D eigenvalue weighted by Gasteiger charge is 2.18. The van der Waals surface area contributed by atoms with Crippen LogP contribution < -0.4 is 14.8 Å². The molecule has 0 atom stereocenters. The van der Waals surface area contributed by atoms with E-state index >= 15 is 0 Å². The second-order valence-corrected chi connectivity index (χ2v) is 4.32. The van der Waals surface area contributed by atoms with Gasteiger partial charge in [0.05, 0.1) is 7.11 Å². The number of hydrogen-bond acceptors (Lipinski definition) is 3. The van der Waals surface area contributed by atoms with Gasteiger partial charge in [-0.3, -0.25) is 0 Å². The number of hydrogen-bond donors (Lipinski definition) is 1. The van der Waals surface area contributed by atoms with Gasteiger partial charge in [-0.1, -0.05) is 6.92 Å².